The van der Waals surface area contributed by atoms with E-state index in [-0.39, 0.29) is 5.92 Å². The van der Waals surface area contributed by atoms with E-state index in [9.17, 15) is 4.79 Å². The van der Waals surface area contributed by atoms with Gasteiger partial charge < -0.3 is 4.90 Å². The summed E-state index contributed by atoms with van der Waals surface area (Å²) in [6.45, 7) is 7.80. The lowest BCUT2D eigenvalue weighted by Gasteiger charge is -2.37. The van der Waals surface area contributed by atoms with Crippen molar-refractivity contribution in [2.24, 2.45) is 17.3 Å². The van der Waals surface area contributed by atoms with E-state index in [1.54, 1.807) is 0 Å². The minimum atomic E-state index is 0.276. The second-order valence-electron chi connectivity index (χ2n) is 6.26. The van der Waals surface area contributed by atoms with E-state index in [4.69, 9.17) is 0 Å². The second-order valence-corrected chi connectivity index (χ2v) is 6.26. The average molecular weight is 211 g/mol. The van der Waals surface area contributed by atoms with Gasteiger partial charge in [0, 0.05) is 18.9 Å². The molecule has 0 aromatic carbocycles. The predicted molar refractivity (Wildman–Crippen MR) is 63.8 cm³/mol. The van der Waals surface area contributed by atoms with Crippen LogP contribution in [-0.4, -0.2) is 31.3 Å². The summed E-state index contributed by atoms with van der Waals surface area (Å²) in [4.78, 5) is 13.9. The molecule has 2 atom stereocenters. The van der Waals surface area contributed by atoms with Gasteiger partial charge >= 0.3 is 0 Å². The molecule has 88 valence electrons. The number of hydrogen-bond acceptors (Lipinski definition) is 2. The van der Waals surface area contributed by atoms with E-state index < -0.39 is 0 Å². The molecule has 2 unspecified atom stereocenters. The number of ketones is 1. The molecular weight excluding hydrogens is 186 g/mol. The molecule has 0 heterocycles. The van der Waals surface area contributed by atoms with Crippen LogP contribution in [-0.2, 0) is 4.79 Å². The Hall–Kier alpha value is -0.370. The largest absolute Gasteiger partial charge is 0.309 e. The van der Waals surface area contributed by atoms with Gasteiger partial charge in [0.25, 0.3) is 0 Å². The fourth-order valence-corrected chi connectivity index (χ4v) is 2.52. The lowest BCUT2D eigenvalue weighted by Crippen LogP contribution is -2.37. The fraction of sp³-hybridized carbons (Fsp3) is 0.923. The number of hydrogen-bond donors (Lipinski definition) is 0. The molecule has 1 rings (SSSR count). The fourth-order valence-electron chi connectivity index (χ4n) is 2.52. The maximum Gasteiger partial charge on any atom is 0.137 e. The molecule has 2 heteroatoms. The first kappa shape index (κ1) is 12.7. The van der Waals surface area contributed by atoms with Crippen molar-refractivity contribution in [3.63, 3.8) is 0 Å². The summed E-state index contributed by atoms with van der Waals surface area (Å²) in [5, 5.41) is 0. The van der Waals surface area contributed by atoms with E-state index in [2.05, 4.69) is 25.7 Å². The van der Waals surface area contributed by atoms with E-state index in [0.717, 1.165) is 25.8 Å². The summed E-state index contributed by atoms with van der Waals surface area (Å²) in [6.07, 6.45) is 2.97. The molecule has 2 nitrogen and oxygen atoms in total. The molecule has 0 radical (unpaired) electrons. The first-order valence-corrected chi connectivity index (χ1v) is 5.98. The molecule has 0 N–H and O–H groups in total. The minimum Gasteiger partial charge on any atom is -0.309 e. The molecular formula is C13H25NO. The highest BCUT2D eigenvalue weighted by Crippen LogP contribution is 2.38. The van der Waals surface area contributed by atoms with Crippen LogP contribution < -0.4 is 0 Å². The van der Waals surface area contributed by atoms with Crippen LogP contribution >= 0.6 is 0 Å². The molecule has 0 aromatic heterocycles. The lowest BCUT2D eigenvalue weighted by molar-refractivity contribution is -0.127. The molecule has 1 saturated carbocycles. The van der Waals surface area contributed by atoms with Crippen molar-refractivity contribution in [3.05, 3.63) is 0 Å². The summed E-state index contributed by atoms with van der Waals surface area (Å²) in [5.74, 6) is 1.46. The summed E-state index contributed by atoms with van der Waals surface area (Å²) in [7, 11) is 4.10. The highest BCUT2D eigenvalue weighted by molar-refractivity contribution is 5.82. The first-order valence-electron chi connectivity index (χ1n) is 5.98. The summed E-state index contributed by atoms with van der Waals surface area (Å²) in [6, 6.07) is 0. The van der Waals surface area contributed by atoms with Crippen molar-refractivity contribution in [3.8, 4) is 0 Å². The lowest BCUT2D eigenvalue weighted by atomic mass is 9.68. The second kappa shape index (κ2) is 4.65. The van der Waals surface area contributed by atoms with Gasteiger partial charge in [0.2, 0.25) is 0 Å². The van der Waals surface area contributed by atoms with Crippen LogP contribution in [0.1, 0.15) is 40.0 Å². The molecule has 0 bridgehead atoms. The molecule has 0 spiro atoms. The van der Waals surface area contributed by atoms with Gasteiger partial charge in [-0.2, -0.15) is 0 Å². The highest BCUT2D eigenvalue weighted by atomic mass is 16.1. The van der Waals surface area contributed by atoms with E-state index in [1.807, 2.05) is 14.1 Å². The van der Waals surface area contributed by atoms with Gasteiger partial charge in [-0.05, 0) is 38.3 Å². The predicted octanol–water partition coefficient (Wildman–Crippen LogP) is 2.58. The monoisotopic (exact) mass is 211 g/mol. The molecule has 15 heavy (non-hydrogen) atoms. The van der Waals surface area contributed by atoms with Gasteiger partial charge in [-0.25, -0.2) is 0 Å². The number of nitrogens with zero attached hydrogens (tertiary/aromatic N) is 1. The van der Waals surface area contributed by atoms with Crippen molar-refractivity contribution in [2.75, 3.05) is 20.6 Å². The topological polar surface area (TPSA) is 20.3 Å². The number of Topliss-reactive ketones (excluding diaryl/α,β-unsaturated/α-hetero) is 1. The van der Waals surface area contributed by atoms with Crippen LogP contribution in [0.25, 0.3) is 0 Å². The van der Waals surface area contributed by atoms with E-state index in [1.165, 1.54) is 0 Å². The molecule has 1 aliphatic rings. The number of carbonyl (C=O) groups is 1. The van der Waals surface area contributed by atoms with Gasteiger partial charge in [-0.1, -0.05) is 20.8 Å². The molecule has 0 amide bonds. The Morgan fingerprint density at radius 2 is 1.93 bits per heavy atom. The van der Waals surface area contributed by atoms with E-state index >= 15 is 0 Å². The summed E-state index contributed by atoms with van der Waals surface area (Å²) >= 11 is 0. The van der Waals surface area contributed by atoms with Gasteiger partial charge in [0.1, 0.15) is 5.78 Å². The Bertz CT molecular complexity index is 227. The molecule has 1 aliphatic carbocycles. The summed E-state index contributed by atoms with van der Waals surface area (Å²) < 4.78 is 0. The maximum absolute atomic E-state index is 11.8. The van der Waals surface area contributed by atoms with Gasteiger partial charge in [0.15, 0.2) is 0 Å². The third-order valence-electron chi connectivity index (χ3n) is 3.57. The molecule has 0 saturated heterocycles. The minimum absolute atomic E-state index is 0.276. The summed E-state index contributed by atoms with van der Waals surface area (Å²) in [5.41, 5.74) is 0.352. The van der Waals surface area contributed by atoms with Crippen molar-refractivity contribution < 1.29 is 4.79 Å². The van der Waals surface area contributed by atoms with Crippen LogP contribution in [0.4, 0.5) is 0 Å². The van der Waals surface area contributed by atoms with Crippen molar-refractivity contribution >= 4 is 5.78 Å². The Morgan fingerprint density at radius 3 is 2.40 bits per heavy atom. The zero-order valence-corrected chi connectivity index (χ0v) is 10.8. The van der Waals surface area contributed by atoms with Crippen LogP contribution in [0.2, 0.25) is 0 Å². The average Bonchev–Trinajstić information content (AvgIpc) is 2.06. The molecule has 1 fully saturated rings. The Kier molecular flexibility index (Phi) is 3.93. The quantitative estimate of drug-likeness (QED) is 0.699. The van der Waals surface area contributed by atoms with Gasteiger partial charge in [0.05, 0.1) is 0 Å². The van der Waals surface area contributed by atoms with Gasteiger partial charge in [-0.3, -0.25) is 4.79 Å². The Balaban J connectivity index is 2.60. The first-order chi connectivity index (χ1) is 6.80. The van der Waals surface area contributed by atoms with Crippen molar-refractivity contribution in [1.29, 1.82) is 0 Å². The molecule has 0 aromatic rings. The zero-order chi connectivity index (χ0) is 11.6. The third-order valence-corrected chi connectivity index (χ3v) is 3.57. The third kappa shape index (κ3) is 3.60. The van der Waals surface area contributed by atoms with Crippen LogP contribution in [0.15, 0.2) is 0 Å². The zero-order valence-electron chi connectivity index (χ0n) is 10.8. The van der Waals surface area contributed by atoms with Crippen molar-refractivity contribution in [1.82, 2.24) is 4.90 Å². The Morgan fingerprint density at radius 1 is 1.33 bits per heavy atom. The number of rotatable bonds is 2. The number of carbonyl (C=O) groups excluding carboxylic acids is 1. The van der Waals surface area contributed by atoms with Crippen LogP contribution in [0, 0.1) is 17.3 Å². The SMILES string of the molecule is CN(C)CC1CC(C(C)(C)C)CCC1=O. The maximum atomic E-state index is 11.8. The molecule has 0 aliphatic heterocycles. The Labute approximate surface area is 94.0 Å². The van der Waals surface area contributed by atoms with E-state index in [0.29, 0.717) is 17.1 Å². The van der Waals surface area contributed by atoms with Gasteiger partial charge in [-0.15, -0.1) is 0 Å². The van der Waals surface area contributed by atoms with Crippen molar-refractivity contribution in [2.45, 2.75) is 40.0 Å². The normalized spacial score (nSPS) is 28.5. The standard InChI is InChI=1S/C13H25NO/c1-13(2,3)11-6-7-12(15)10(8-11)9-14(4)5/h10-11H,6-9H2,1-5H3. The smallest absolute Gasteiger partial charge is 0.137 e. The van der Waals surface area contributed by atoms with Crippen LogP contribution in [0.3, 0.4) is 0 Å². The highest BCUT2D eigenvalue weighted by Gasteiger charge is 2.34. The van der Waals surface area contributed by atoms with Crippen LogP contribution in [0.5, 0.6) is 0 Å².